The first kappa shape index (κ1) is 39.7. The molecule has 48 heavy (non-hydrogen) atoms. The number of quaternary nitrogens is 1. The van der Waals surface area contributed by atoms with Crippen LogP contribution in [0.5, 0.6) is 0 Å². The van der Waals surface area contributed by atoms with Crippen molar-refractivity contribution in [3.8, 4) is 0 Å². The highest BCUT2D eigenvalue weighted by Crippen LogP contribution is 2.24. The van der Waals surface area contributed by atoms with E-state index in [4.69, 9.17) is 4.74 Å². The minimum atomic E-state index is -0.0521. The molecule has 0 spiro atoms. The van der Waals surface area contributed by atoms with Gasteiger partial charge < -0.3 is 19.9 Å². The molecule has 7 nitrogen and oxygen atoms in total. The molecule has 0 bridgehead atoms. The molecule has 7 heteroatoms. The van der Waals surface area contributed by atoms with Crippen molar-refractivity contribution in [2.75, 3.05) is 63.1 Å². The van der Waals surface area contributed by atoms with Gasteiger partial charge in [0.05, 0.1) is 25.7 Å². The molecule has 0 saturated carbocycles. The molecule has 0 aliphatic carbocycles. The first-order chi connectivity index (χ1) is 23.2. The fraction of sp³-hybridized carbons (Fsp3) is 0.659. The summed E-state index contributed by atoms with van der Waals surface area (Å²) in [5.74, 6) is 0.246. The number of nitrogens with zero attached hydrogens (tertiary/aromatic N) is 2. The van der Waals surface area contributed by atoms with Crippen molar-refractivity contribution >= 4 is 23.2 Å². The normalized spacial score (nSPS) is 16.4. The molecule has 1 heterocycles. The zero-order valence-electron chi connectivity index (χ0n) is 31.3. The fourth-order valence-corrected chi connectivity index (χ4v) is 7.34. The Hall–Kier alpha value is -2.74. The van der Waals surface area contributed by atoms with Crippen molar-refractivity contribution in [1.82, 2.24) is 4.90 Å². The third-order valence-electron chi connectivity index (χ3n) is 10.2. The number of para-hydroxylation sites is 2. The van der Waals surface area contributed by atoms with Crippen LogP contribution < -0.4 is 10.6 Å². The van der Waals surface area contributed by atoms with Crippen molar-refractivity contribution < 1.29 is 18.8 Å². The van der Waals surface area contributed by atoms with Crippen LogP contribution in [0.1, 0.15) is 113 Å². The van der Waals surface area contributed by atoms with Gasteiger partial charge in [0, 0.05) is 18.0 Å². The summed E-state index contributed by atoms with van der Waals surface area (Å²) in [7, 11) is 0. The Balaban J connectivity index is 1.59. The highest BCUT2D eigenvalue weighted by molar-refractivity contribution is 5.96. The van der Waals surface area contributed by atoms with Gasteiger partial charge >= 0.3 is 0 Å². The summed E-state index contributed by atoms with van der Waals surface area (Å²) in [5.41, 5.74) is 6.36. The van der Waals surface area contributed by atoms with Crippen LogP contribution in [0.15, 0.2) is 36.4 Å². The van der Waals surface area contributed by atoms with Crippen LogP contribution in [0.2, 0.25) is 0 Å². The molecule has 2 unspecified atom stereocenters. The van der Waals surface area contributed by atoms with E-state index in [9.17, 15) is 9.59 Å². The number of ether oxygens (including phenoxy) is 1. The number of nitrogens with one attached hydrogen (secondary N) is 2. The molecule has 1 fully saturated rings. The number of piperidine rings is 1. The summed E-state index contributed by atoms with van der Waals surface area (Å²) in [6.45, 7) is 19.5. The van der Waals surface area contributed by atoms with Gasteiger partial charge in [0.25, 0.3) is 5.91 Å². The van der Waals surface area contributed by atoms with E-state index in [1.165, 1.54) is 19.3 Å². The Bertz CT molecular complexity index is 1210. The Morgan fingerprint density at radius 3 is 1.92 bits per heavy atom. The Labute approximate surface area is 292 Å². The Morgan fingerprint density at radius 2 is 1.31 bits per heavy atom. The lowest BCUT2D eigenvalue weighted by Crippen LogP contribution is -2.55. The van der Waals surface area contributed by atoms with Crippen LogP contribution in [0.3, 0.4) is 0 Å². The van der Waals surface area contributed by atoms with E-state index in [2.05, 4.69) is 81.3 Å². The number of carbonyl (C=O) groups is 2. The predicted octanol–water partition coefficient (Wildman–Crippen LogP) is 8.74. The van der Waals surface area contributed by atoms with Crippen molar-refractivity contribution in [1.29, 1.82) is 0 Å². The number of aryl methyl sites for hydroxylation is 4. The maximum Gasteiger partial charge on any atom is 0.279 e. The summed E-state index contributed by atoms with van der Waals surface area (Å²) in [5, 5.41) is 6.55. The summed E-state index contributed by atoms with van der Waals surface area (Å²) in [4.78, 5) is 29.5. The van der Waals surface area contributed by atoms with E-state index in [0.717, 1.165) is 135 Å². The second-order valence-corrected chi connectivity index (χ2v) is 14.4. The Kier molecular flexibility index (Phi) is 17.7. The predicted molar refractivity (Wildman–Crippen MR) is 202 cm³/mol. The molecule has 2 atom stereocenters. The van der Waals surface area contributed by atoms with Crippen molar-refractivity contribution in [2.45, 2.75) is 125 Å². The standard InChI is InChI=1S/C41H66N4O3/c1-7-9-10-16-27-45(29-31-48-30-8-2,32-38(46)42-39-33(3)20-18-21-34(39)4)28-17-12-11-14-25-44-26-15-13-24-37(44)41(47)43-40-35(5)22-19-23-36(40)6/h18-23,37H,7-17,24-32H2,1-6H3,(H-,42,43,46,47)/p+1. The lowest BCUT2D eigenvalue weighted by atomic mass is 10.00. The van der Waals surface area contributed by atoms with Gasteiger partial charge in [0.15, 0.2) is 6.54 Å². The van der Waals surface area contributed by atoms with E-state index in [1.807, 2.05) is 12.1 Å². The van der Waals surface area contributed by atoms with Crippen LogP contribution in [-0.4, -0.2) is 79.7 Å². The first-order valence-corrected chi connectivity index (χ1v) is 19.1. The van der Waals surface area contributed by atoms with Gasteiger partial charge in [-0.1, -0.05) is 75.9 Å². The number of unbranched alkanes of at least 4 members (excludes halogenated alkanes) is 6. The van der Waals surface area contributed by atoms with Crippen LogP contribution in [-0.2, 0) is 14.3 Å². The highest BCUT2D eigenvalue weighted by Gasteiger charge is 2.31. The SMILES string of the molecule is CCCCCC[N+](CCCCCCN1CCCCC1C(=O)Nc1c(C)cccc1C)(CCOCCC)CC(=O)Nc1c(C)cccc1C. The van der Waals surface area contributed by atoms with E-state index in [-0.39, 0.29) is 17.9 Å². The lowest BCUT2D eigenvalue weighted by Gasteiger charge is -2.38. The van der Waals surface area contributed by atoms with Gasteiger partial charge in [-0.2, -0.15) is 0 Å². The van der Waals surface area contributed by atoms with Crippen LogP contribution in [0.25, 0.3) is 0 Å². The maximum absolute atomic E-state index is 13.7. The van der Waals surface area contributed by atoms with Gasteiger partial charge in [0.1, 0.15) is 6.54 Å². The summed E-state index contributed by atoms with van der Waals surface area (Å²) in [6, 6.07) is 12.3. The average Bonchev–Trinajstić information content (AvgIpc) is 3.06. The summed E-state index contributed by atoms with van der Waals surface area (Å²) >= 11 is 0. The van der Waals surface area contributed by atoms with Crippen LogP contribution >= 0.6 is 0 Å². The molecule has 0 aromatic heterocycles. The minimum Gasteiger partial charge on any atom is -0.376 e. The third kappa shape index (κ3) is 12.9. The van der Waals surface area contributed by atoms with E-state index in [1.54, 1.807) is 0 Å². The van der Waals surface area contributed by atoms with Crippen LogP contribution in [0.4, 0.5) is 11.4 Å². The molecule has 0 radical (unpaired) electrons. The number of carbonyl (C=O) groups excluding carboxylic acids is 2. The minimum absolute atomic E-state index is 0.0521. The molecule has 2 aromatic carbocycles. The van der Waals surface area contributed by atoms with Crippen LogP contribution in [0, 0.1) is 27.7 Å². The molecule has 3 rings (SSSR count). The van der Waals surface area contributed by atoms with Crippen molar-refractivity contribution in [2.24, 2.45) is 0 Å². The number of anilines is 2. The quantitative estimate of drug-likeness (QED) is 0.0977. The van der Waals surface area contributed by atoms with Gasteiger partial charge in [-0.15, -0.1) is 0 Å². The highest BCUT2D eigenvalue weighted by atomic mass is 16.5. The number of rotatable bonds is 22. The second-order valence-electron chi connectivity index (χ2n) is 14.4. The van der Waals surface area contributed by atoms with Crippen molar-refractivity contribution in [3.05, 3.63) is 58.7 Å². The van der Waals surface area contributed by atoms with E-state index in [0.29, 0.717) is 13.2 Å². The molecule has 2 N–H and O–H groups in total. The number of hydrogen-bond acceptors (Lipinski definition) is 4. The molecule has 1 saturated heterocycles. The molecular formula is C41H67N4O3+. The maximum atomic E-state index is 13.7. The van der Waals surface area contributed by atoms with Gasteiger partial charge in [-0.3, -0.25) is 14.5 Å². The molecule has 2 aromatic rings. The topological polar surface area (TPSA) is 70.7 Å². The molecule has 268 valence electrons. The number of hydrogen-bond donors (Lipinski definition) is 2. The third-order valence-corrected chi connectivity index (χ3v) is 10.2. The second kappa shape index (κ2) is 21.4. The fourth-order valence-electron chi connectivity index (χ4n) is 7.34. The lowest BCUT2D eigenvalue weighted by molar-refractivity contribution is -0.921. The molecular weight excluding hydrogens is 596 g/mol. The zero-order chi connectivity index (χ0) is 34.8. The van der Waals surface area contributed by atoms with Gasteiger partial charge in [-0.05, 0) is 114 Å². The number of amides is 2. The number of likely N-dealkylation sites (tertiary alicyclic amines) is 1. The van der Waals surface area contributed by atoms with E-state index < -0.39 is 0 Å². The number of benzene rings is 2. The molecule has 1 aliphatic rings. The molecule has 2 amide bonds. The smallest absolute Gasteiger partial charge is 0.279 e. The monoisotopic (exact) mass is 664 g/mol. The summed E-state index contributed by atoms with van der Waals surface area (Å²) in [6.07, 6.45) is 13.5. The average molecular weight is 664 g/mol. The summed E-state index contributed by atoms with van der Waals surface area (Å²) < 4.78 is 6.80. The van der Waals surface area contributed by atoms with Gasteiger partial charge in [-0.25, -0.2) is 0 Å². The molecule has 1 aliphatic heterocycles. The largest absolute Gasteiger partial charge is 0.376 e. The first-order valence-electron chi connectivity index (χ1n) is 19.1. The Morgan fingerprint density at radius 1 is 0.729 bits per heavy atom. The van der Waals surface area contributed by atoms with Crippen molar-refractivity contribution in [3.63, 3.8) is 0 Å². The van der Waals surface area contributed by atoms with Gasteiger partial charge in [0.2, 0.25) is 5.91 Å². The zero-order valence-corrected chi connectivity index (χ0v) is 31.3. The van der Waals surface area contributed by atoms with E-state index >= 15 is 0 Å².